The van der Waals surface area contributed by atoms with E-state index in [1.54, 1.807) is 0 Å². The Hall–Kier alpha value is -1.31. The van der Waals surface area contributed by atoms with Crippen LogP contribution < -0.4 is 5.32 Å². The maximum absolute atomic E-state index is 12.1. The van der Waals surface area contributed by atoms with E-state index in [2.05, 4.69) is 19.2 Å². The number of hydrogen-bond acceptors (Lipinski definition) is 1. The maximum Gasteiger partial charge on any atom is 0.224 e. The molecule has 1 aromatic carbocycles. The van der Waals surface area contributed by atoms with Crippen LogP contribution in [0.3, 0.4) is 0 Å². The third-order valence-corrected chi connectivity index (χ3v) is 4.86. The average molecular weight is 273 g/mol. The van der Waals surface area contributed by atoms with Gasteiger partial charge in [-0.25, -0.2) is 0 Å². The van der Waals surface area contributed by atoms with Crippen LogP contribution in [0.1, 0.15) is 52.4 Å². The number of amides is 1. The van der Waals surface area contributed by atoms with E-state index < -0.39 is 0 Å². The minimum absolute atomic E-state index is 0.145. The van der Waals surface area contributed by atoms with Gasteiger partial charge in [0.25, 0.3) is 0 Å². The number of nitrogens with one attached hydrogen (secondary N) is 1. The van der Waals surface area contributed by atoms with Gasteiger partial charge in [0.05, 0.1) is 0 Å². The van der Waals surface area contributed by atoms with E-state index in [1.807, 2.05) is 30.3 Å². The van der Waals surface area contributed by atoms with Gasteiger partial charge in [-0.2, -0.15) is 0 Å². The molecule has 2 rings (SSSR count). The molecule has 0 radical (unpaired) electrons. The predicted octanol–water partition coefficient (Wildman–Crippen LogP) is 4.87. The number of carbonyl (C=O) groups excluding carboxylic acids is 1. The molecule has 1 saturated carbocycles. The lowest BCUT2D eigenvalue weighted by Crippen LogP contribution is -2.25. The van der Waals surface area contributed by atoms with E-state index in [9.17, 15) is 4.79 Å². The van der Waals surface area contributed by atoms with Gasteiger partial charge in [0.1, 0.15) is 0 Å². The lowest BCUT2D eigenvalue weighted by Gasteiger charge is -2.31. The van der Waals surface area contributed by atoms with Crippen molar-refractivity contribution in [2.45, 2.75) is 52.4 Å². The highest BCUT2D eigenvalue weighted by molar-refractivity contribution is 5.90. The standard InChI is InChI=1S/C18H27NO/c1-14(15(2)16-9-5-3-6-10-16)13-18(20)19-17-11-7-4-8-12-17/h4,7-8,11-12,14-16H,3,5-6,9-10,13H2,1-2H3,(H,19,20)/t14-,15?/m1/s1. The van der Waals surface area contributed by atoms with Gasteiger partial charge in [0.2, 0.25) is 5.91 Å². The summed E-state index contributed by atoms with van der Waals surface area (Å²) in [5.41, 5.74) is 0.898. The van der Waals surface area contributed by atoms with E-state index in [0.717, 1.165) is 11.6 Å². The first-order chi connectivity index (χ1) is 9.66. The van der Waals surface area contributed by atoms with Crippen LogP contribution >= 0.6 is 0 Å². The number of carbonyl (C=O) groups is 1. The SMILES string of the molecule is CC(C1CCCCC1)[C@H](C)CC(=O)Nc1ccccc1. The molecule has 2 nitrogen and oxygen atoms in total. The zero-order chi connectivity index (χ0) is 14.4. The van der Waals surface area contributed by atoms with Crippen molar-refractivity contribution in [1.82, 2.24) is 0 Å². The number of benzene rings is 1. The van der Waals surface area contributed by atoms with E-state index in [0.29, 0.717) is 18.3 Å². The van der Waals surface area contributed by atoms with Gasteiger partial charge in [-0.05, 0) is 29.9 Å². The highest BCUT2D eigenvalue weighted by atomic mass is 16.1. The van der Waals surface area contributed by atoms with Crippen molar-refractivity contribution in [1.29, 1.82) is 0 Å². The number of hydrogen-bond donors (Lipinski definition) is 1. The molecular weight excluding hydrogens is 246 g/mol. The smallest absolute Gasteiger partial charge is 0.224 e. The lowest BCUT2D eigenvalue weighted by atomic mass is 9.75. The fourth-order valence-corrected chi connectivity index (χ4v) is 3.34. The Morgan fingerprint density at radius 3 is 2.45 bits per heavy atom. The first-order valence-corrected chi connectivity index (χ1v) is 8.01. The highest BCUT2D eigenvalue weighted by Crippen LogP contribution is 2.34. The molecule has 0 aliphatic heterocycles. The van der Waals surface area contributed by atoms with Crippen LogP contribution in [-0.4, -0.2) is 5.91 Å². The van der Waals surface area contributed by atoms with Gasteiger partial charge in [-0.3, -0.25) is 4.79 Å². The second kappa shape index (κ2) is 7.47. The molecule has 1 aromatic rings. The second-order valence-corrected chi connectivity index (χ2v) is 6.35. The monoisotopic (exact) mass is 273 g/mol. The average Bonchev–Trinajstić information content (AvgIpc) is 2.48. The fourth-order valence-electron chi connectivity index (χ4n) is 3.34. The quantitative estimate of drug-likeness (QED) is 0.815. The van der Waals surface area contributed by atoms with Crippen molar-refractivity contribution < 1.29 is 4.79 Å². The summed E-state index contributed by atoms with van der Waals surface area (Å²) in [6.07, 6.45) is 7.48. The van der Waals surface area contributed by atoms with Crippen LogP contribution in [0.15, 0.2) is 30.3 Å². The van der Waals surface area contributed by atoms with Crippen LogP contribution in [0.25, 0.3) is 0 Å². The third-order valence-electron chi connectivity index (χ3n) is 4.86. The molecule has 20 heavy (non-hydrogen) atoms. The molecule has 1 amide bonds. The molecule has 0 spiro atoms. The Kier molecular flexibility index (Phi) is 5.63. The molecule has 110 valence electrons. The lowest BCUT2D eigenvalue weighted by molar-refractivity contribution is -0.117. The summed E-state index contributed by atoms with van der Waals surface area (Å²) in [7, 11) is 0. The highest BCUT2D eigenvalue weighted by Gasteiger charge is 2.25. The van der Waals surface area contributed by atoms with E-state index in [-0.39, 0.29) is 5.91 Å². The van der Waals surface area contributed by atoms with Crippen molar-refractivity contribution in [2.75, 3.05) is 5.32 Å². The van der Waals surface area contributed by atoms with Crippen molar-refractivity contribution in [3.63, 3.8) is 0 Å². The zero-order valence-electron chi connectivity index (χ0n) is 12.8. The van der Waals surface area contributed by atoms with Gasteiger partial charge in [0.15, 0.2) is 0 Å². The Morgan fingerprint density at radius 2 is 1.80 bits per heavy atom. The molecule has 2 atom stereocenters. The zero-order valence-corrected chi connectivity index (χ0v) is 12.8. The first-order valence-electron chi connectivity index (χ1n) is 8.01. The van der Waals surface area contributed by atoms with E-state index in [4.69, 9.17) is 0 Å². The van der Waals surface area contributed by atoms with Gasteiger partial charge in [-0.15, -0.1) is 0 Å². The van der Waals surface area contributed by atoms with Crippen molar-refractivity contribution in [2.24, 2.45) is 17.8 Å². The fraction of sp³-hybridized carbons (Fsp3) is 0.611. The minimum atomic E-state index is 0.145. The predicted molar refractivity (Wildman–Crippen MR) is 84.6 cm³/mol. The molecule has 1 N–H and O–H groups in total. The second-order valence-electron chi connectivity index (χ2n) is 6.35. The number of para-hydroxylation sites is 1. The molecule has 1 unspecified atom stereocenters. The molecule has 0 saturated heterocycles. The van der Waals surface area contributed by atoms with Crippen molar-refractivity contribution >= 4 is 11.6 Å². The number of anilines is 1. The van der Waals surface area contributed by atoms with Gasteiger partial charge in [-0.1, -0.05) is 64.2 Å². The topological polar surface area (TPSA) is 29.1 Å². The molecule has 2 heteroatoms. The summed E-state index contributed by atoms with van der Waals surface area (Å²) in [6.45, 7) is 4.56. The normalized spacial score (nSPS) is 19.3. The van der Waals surface area contributed by atoms with E-state index in [1.165, 1.54) is 32.1 Å². The Labute approximate surface area is 123 Å². The van der Waals surface area contributed by atoms with Crippen LogP contribution in [0.4, 0.5) is 5.69 Å². The molecule has 1 aliphatic rings. The Balaban J connectivity index is 1.80. The minimum Gasteiger partial charge on any atom is -0.326 e. The molecular formula is C18H27NO. The summed E-state index contributed by atoms with van der Waals surface area (Å²) >= 11 is 0. The molecule has 0 heterocycles. The van der Waals surface area contributed by atoms with Crippen LogP contribution in [0, 0.1) is 17.8 Å². The molecule has 0 bridgehead atoms. The van der Waals surface area contributed by atoms with Crippen LogP contribution in [-0.2, 0) is 4.79 Å². The van der Waals surface area contributed by atoms with Gasteiger partial charge >= 0.3 is 0 Å². The first kappa shape index (κ1) is 15.1. The van der Waals surface area contributed by atoms with Gasteiger partial charge < -0.3 is 5.32 Å². The summed E-state index contributed by atoms with van der Waals surface area (Å²) in [5.74, 6) is 2.08. The van der Waals surface area contributed by atoms with Crippen molar-refractivity contribution in [3.8, 4) is 0 Å². The largest absolute Gasteiger partial charge is 0.326 e. The number of rotatable bonds is 5. The van der Waals surface area contributed by atoms with Gasteiger partial charge in [0, 0.05) is 12.1 Å². The van der Waals surface area contributed by atoms with E-state index >= 15 is 0 Å². The molecule has 1 fully saturated rings. The Morgan fingerprint density at radius 1 is 1.15 bits per heavy atom. The third kappa shape index (κ3) is 4.36. The summed E-state index contributed by atoms with van der Waals surface area (Å²) in [5, 5.41) is 2.99. The maximum atomic E-state index is 12.1. The molecule has 1 aliphatic carbocycles. The summed E-state index contributed by atoms with van der Waals surface area (Å²) in [6, 6.07) is 9.73. The van der Waals surface area contributed by atoms with Crippen molar-refractivity contribution in [3.05, 3.63) is 30.3 Å². The summed E-state index contributed by atoms with van der Waals surface area (Å²) in [4.78, 5) is 12.1. The summed E-state index contributed by atoms with van der Waals surface area (Å²) < 4.78 is 0. The Bertz CT molecular complexity index is 409. The van der Waals surface area contributed by atoms with Crippen LogP contribution in [0.5, 0.6) is 0 Å². The van der Waals surface area contributed by atoms with Crippen LogP contribution in [0.2, 0.25) is 0 Å². The molecule has 0 aromatic heterocycles.